The number of rotatable bonds is 6. The van der Waals surface area contributed by atoms with Crippen molar-refractivity contribution in [1.29, 1.82) is 0 Å². The van der Waals surface area contributed by atoms with E-state index in [1.165, 1.54) is 11.1 Å². The Labute approximate surface area is 104 Å². The summed E-state index contributed by atoms with van der Waals surface area (Å²) in [5.41, 5.74) is 2.50. The molecule has 2 nitrogen and oxygen atoms in total. The van der Waals surface area contributed by atoms with Gasteiger partial charge in [-0.3, -0.25) is 0 Å². The fourth-order valence-electron chi connectivity index (χ4n) is 1.58. The highest BCUT2D eigenvalue weighted by molar-refractivity contribution is 6.65. The smallest absolute Gasteiger partial charge is 0.334 e. The third-order valence-corrected chi connectivity index (χ3v) is 6.15. The van der Waals surface area contributed by atoms with E-state index in [0.29, 0.717) is 5.88 Å². The van der Waals surface area contributed by atoms with E-state index in [0.717, 1.165) is 12.5 Å². The van der Waals surface area contributed by atoms with Gasteiger partial charge in [0.15, 0.2) is 0 Å². The summed E-state index contributed by atoms with van der Waals surface area (Å²) in [5.74, 6) is 0.564. The van der Waals surface area contributed by atoms with Crippen molar-refractivity contribution in [2.45, 2.75) is 24.9 Å². The standard InChI is InChI=1S/C12H19ClO2Si/c1-14-16(3,15-2)9-8-11-6-4-5-7-12(11)10-13/h4-7H,8-10H2,1-3H3. The number of hydrogen-bond donors (Lipinski definition) is 0. The van der Waals surface area contributed by atoms with E-state index in [9.17, 15) is 0 Å². The van der Waals surface area contributed by atoms with Crippen LogP contribution < -0.4 is 0 Å². The molecule has 0 aliphatic heterocycles. The molecule has 0 aromatic heterocycles. The molecule has 90 valence electrons. The molecule has 0 atom stereocenters. The van der Waals surface area contributed by atoms with Crippen molar-refractivity contribution in [2.24, 2.45) is 0 Å². The van der Waals surface area contributed by atoms with E-state index >= 15 is 0 Å². The first-order valence-corrected chi connectivity index (χ1v) is 8.44. The summed E-state index contributed by atoms with van der Waals surface area (Å²) in [6.07, 6.45) is 0.966. The number of benzene rings is 1. The zero-order valence-corrected chi connectivity index (χ0v) is 11.9. The number of halogens is 1. The second-order valence-corrected chi connectivity index (χ2v) is 7.80. The minimum atomic E-state index is -1.96. The molecule has 0 heterocycles. The molecule has 0 saturated carbocycles. The van der Waals surface area contributed by atoms with Crippen LogP contribution in [0, 0.1) is 0 Å². The van der Waals surface area contributed by atoms with E-state index in [1.807, 2.05) is 12.1 Å². The Hall–Kier alpha value is -0.353. The third-order valence-electron chi connectivity index (χ3n) is 2.97. The van der Waals surface area contributed by atoms with Gasteiger partial charge in [-0.1, -0.05) is 24.3 Å². The molecule has 0 radical (unpaired) electrons. The Morgan fingerprint density at radius 1 is 1.12 bits per heavy atom. The lowest BCUT2D eigenvalue weighted by Crippen LogP contribution is -2.36. The van der Waals surface area contributed by atoms with Crippen molar-refractivity contribution in [1.82, 2.24) is 0 Å². The minimum Gasteiger partial charge on any atom is -0.398 e. The zero-order valence-electron chi connectivity index (χ0n) is 10.1. The Balaban J connectivity index is 2.67. The van der Waals surface area contributed by atoms with Gasteiger partial charge in [-0.05, 0) is 30.1 Å². The van der Waals surface area contributed by atoms with Crippen LogP contribution >= 0.6 is 11.6 Å². The molecule has 0 aliphatic carbocycles. The predicted octanol–water partition coefficient (Wildman–Crippen LogP) is 3.33. The van der Waals surface area contributed by atoms with Gasteiger partial charge in [0.1, 0.15) is 0 Å². The average molecular weight is 259 g/mol. The predicted molar refractivity (Wildman–Crippen MR) is 70.1 cm³/mol. The van der Waals surface area contributed by atoms with Crippen molar-refractivity contribution < 1.29 is 8.85 Å². The molecule has 1 aromatic carbocycles. The quantitative estimate of drug-likeness (QED) is 0.576. The number of alkyl halides is 1. The van der Waals surface area contributed by atoms with Crippen LogP contribution in [0.3, 0.4) is 0 Å². The molecular weight excluding hydrogens is 240 g/mol. The highest BCUT2D eigenvalue weighted by atomic mass is 35.5. The van der Waals surface area contributed by atoms with Crippen LogP contribution in [0.1, 0.15) is 11.1 Å². The Bertz CT molecular complexity index is 327. The first-order valence-electron chi connectivity index (χ1n) is 5.38. The van der Waals surface area contributed by atoms with Gasteiger partial charge >= 0.3 is 8.56 Å². The van der Waals surface area contributed by atoms with E-state index in [4.69, 9.17) is 20.5 Å². The lowest BCUT2D eigenvalue weighted by atomic mass is 10.1. The maximum atomic E-state index is 5.90. The summed E-state index contributed by atoms with van der Waals surface area (Å²) in [4.78, 5) is 0. The van der Waals surface area contributed by atoms with Crippen LogP contribution in [0.15, 0.2) is 24.3 Å². The Morgan fingerprint density at radius 3 is 2.19 bits per heavy atom. The summed E-state index contributed by atoms with van der Waals surface area (Å²) >= 11 is 5.90. The SMILES string of the molecule is CO[Si](C)(CCc1ccccc1CCl)OC. The van der Waals surface area contributed by atoms with E-state index in [2.05, 4.69) is 18.7 Å². The molecule has 1 rings (SSSR count). The van der Waals surface area contributed by atoms with E-state index < -0.39 is 8.56 Å². The molecule has 1 aromatic rings. The van der Waals surface area contributed by atoms with Gasteiger partial charge in [-0.15, -0.1) is 11.6 Å². The Morgan fingerprint density at radius 2 is 1.69 bits per heavy atom. The fourth-order valence-corrected chi connectivity index (χ4v) is 3.14. The van der Waals surface area contributed by atoms with Gasteiger partial charge in [-0.25, -0.2) is 0 Å². The van der Waals surface area contributed by atoms with Crippen LogP contribution in [0.2, 0.25) is 12.6 Å². The summed E-state index contributed by atoms with van der Waals surface area (Å²) < 4.78 is 10.9. The molecule has 0 fully saturated rings. The van der Waals surface area contributed by atoms with Crippen molar-refractivity contribution in [3.8, 4) is 0 Å². The van der Waals surface area contributed by atoms with E-state index in [-0.39, 0.29) is 0 Å². The van der Waals surface area contributed by atoms with Crippen molar-refractivity contribution in [3.63, 3.8) is 0 Å². The lowest BCUT2D eigenvalue weighted by molar-refractivity contribution is 0.249. The van der Waals surface area contributed by atoms with Gasteiger partial charge in [-0.2, -0.15) is 0 Å². The summed E-state index contributed by atoms with van der Waals surface area (Å²) in [6, 6.07) is 9.21. The molecule has 4 heteroatoms. The molecule has 0 unspecified atom stereocenters. The molecule has 0 N–H and O–H groups in total. The Kier molecular flexibility index (Phi) is 5.48. The first kappa shape index (κ1) is 13.7. The summed E-state index contributed by atoms with van der Waals surface area (Å²) in [7, 11) is 1.49. The third kappa shape index (κ3) is 3.59. The van der Waals surface area contributed by atoms with E-state index in [1.54, 1.807) is 14.2 Å². The van der Waals surface area contributed by atoms with Crippen LogP contribution in [-0.2, 0) is 21.2 Å². The normalized spacial score (nSPS) is 11.8. The van der Waals surface area contributed by atoms with Crippen LogP contribution in [0.25, 0.3) is 0 Å². The maximum absolute atomic E-state index is 5.90. The van der Waals surface area contributed by atoms with Gasteiger partial charge in [0, 0.05) is 20.1 Å². The molecule has 0 aliphatic rings. The second kappa shape index (κ2) is 6.40. The number of aryl methyl sites for hydroxylation is 1. The minimum absolute atomic E-state index is 0.564. The summed E-state index contributed by atoms with van der Waals surface area (Å²) in [5, 5.41) is 0. The lowest BCUT2D eigenvalue weighted by Gasteiger charge is -2.23. The van der Waals surface area contributed by atoms with Gasteiger partial charge in [0.2, 0.25) is 0 Å². The van der Waals surface area contributed by atoms with Gasteiger partial charge < -0.3 is 8.85 Å². The molecule has 0 spiro atoms. The zero-order chi connectivity index (χ0) is 12.0. The number of hydrogen-bond acceptors (Lipinski definition) is 2. The molecular formula is C12H19ClO2Si. The van der Waals surface area contributed by atoms with Crippen molar-refractivity contribution >= 4 is 20.2 Å². The molecule has 16 heavy (non-hydrogen) atoms. The van der Waals surface area contributed by atoms with Crippen LogP contribution in [-0.4, -0.2) is 22.8 Å². The highest BCUT2D eigenvalue weighted by Crippen LogP contribution is 2.19. The van der Waals surface area contributed by atoms with Crippen LogP contribution in [0.5, 0.6) is 0 Å². The molecule has 0 saturated heterocycles. The average Bonchev–Trinajstić information content (AvgIpc) is 2.36. The second-order valence-electron chi connectivity index (χ2n) is 3.94. The van der Waals surface area contributed by atoms with Crippen molar-refractivity contribution in [3.05, 3.63) is 35.4 Å². The molecule has 0 bridgehead atoms. The van der Waals surface area contributed by atoms with Crippen LogP contribution in [0.4, 0.5) is 0 Å². The topological polar surface area (TPSA) is 18.5 Å². The van der Waals surface area contributed by atoms with Gasteiger partial charge in [0.25, 0.3) is 0 Å². The fraction of sp³-hybridized carbons (Fsp3) is 0.500. The van der Waals surface area contributed by atoms with Gasteiger partial charge in [0.05, 0.1) is 0 Å². The summed E-state index contributed by atoms with van der Waals surface area (Å²) in [6.45, 7) is 2.08. The maximum Gasteiger partial charge on any atom is 0.334 e. The largest absolute Gasteiger partial charge is 0.398 e. The molecule has 0 amide bonds. The monoisotopic (exact) mass is 258 g/mol. The van der Waals surface area contributed by atoms with Crippen molar-refractivity contribution in [2.75, 3.05) is 14.2 Å². The highest BCUT2D eigenvalue weighted by Gasteiger charge is 2.28. The first-order chi connectivity index (χ1) is 7.65.